The summed E-state index contributed by atoms with van der Waals surface area (Å²) in [6, 6.07) is 5.75. The zero-order valence-corrected chi connectivity index (χ0v) is 12.4. The van der Waals surface area contributed by atoms with Gasteiger partial charge in [-0.1, -0.05) is 36.2 Å². The van der Waals surface area contributed by atoms with E-state index in [9.17, 15) is 4.79 Å². The molecule has 0 saturated carbocycles. The summed E-state index contributed by atoms with van der Waals surface area (Å²) in [5.41, 5.74) is 0.947. The van der Waals surface area contributed by atoms with Crippen LogP contribution in [0.5, 0.6) is 5.75 Å². The number of hydrogen-bond donors (Lipinski definition) is 1. The molecule has 0 aliphatic heterocycles. The highest BCUT2D eigenvalue weighted by atomic mass is 79.9. The van der Waals surface area contributed by atoms with Crippen LogP contribution in [0.2, 0.25) is 0 Å². The fourth-order valence-electron chi connectivity index (χ4n) is 1.73. The molecule has 0 unspecified atom stereocenters. The van der Waals surface area contributed by atoms with E-state index in [4.69, 9.17) is 9.84 Å². The summed E-state index contributed by atoms with van der Waals surface area (Å²) in [4.78, 5) is 10.8. The van der Waals surface area contributed by atoms with Crippen LogP contribution in [0.3, 0.4) is 0 Å². The van der Waals surface area contributed by atoms with Gasteiger partial charge in [-0.05, 0) is 36.1 Å². The summed E-state index contributed by atoms with van der Waals surface area (Å²) < 4.78 is 6.66. The van der Waals surface area contributed by atoms with Crippen molar-refractivity contribution in [1.29, 1.82) is 0 Å². The molecule has 0 bridgehead atoms. The number of carboxylic acid groups (broad SMARTS) is 1. The van der Waals surface area contributed by atoms with Crippen molar-refractivity contribution in [3.63, 3.8) is 0 Å². The third-order valence-corrected chi connectivity index (χ3v) is 3.23. The molecule has 100 valence electrons. The van der Waals surface area contributed by atoms with E-state index < -0.39 is 5.97 Å². The Morgan fingerprint density at radius 1 is 1.50 bits per heavy atom. The molecule has 0 radical (unpaired) electrons. The zero-order chi connectivity index (χ0) is 13.5. The molecule has 3 nitrogen and oxygen atoms in total. The minimum atomic E-state index is -0.790. The Morgan fingerprint density at radius 2 is 2.22 bits per heavy atom. The number of carboxylic acids is 1. The van der Waals surface area contributed by atoms with Gasteiger partial charge in [-0.25, -0.2) is 0 Å². The third kappa shape index (κ3) is 4.69. The minimum Gasteiger partial charge on any atom is -0.493 e. The SMILES string of the molecule is CCCCOc1ccc(Br)cc1[C@H](C)CC(=O)O. The van der Waals surface area contributed by atoms with Gasteiger partial charge >= 0.3 is 5.97 Å². The fourth-order valence-corrected chi connectivity index (χ4v) is 2.11. The second kappa shape index (κ2) is 7.41. The van der Waals surface area contributed by atoms with Crippen LogP contribution < -0.4 is 4.74 Å². The number of rotatable bonds is 7. The molecule has 0 aromatic heterocycles. The molecule has 0 aliphatic carbocycles. The first-order valence-corrected chi connectivity index (χ1v) is 6.98. The second-order valence-electron chi connectivity index (χ2n) is 4.38. The van der Waals surface area contributed by atoms with Crippen LogP contribution in [-0.2, 0) is 4.79 Å². The Kier molecular flexibility index (Phi) is 6.19. The van der Waals surface area contributed by atoms with Crippen molar-refractivity contribution < 1.29 is 14.6 Å². The van der Waals surface area contributed by atoms with Gasteiger partial charge in [0.25, 0.3) is 0 Å². The van der Waals surface area contributed by atoms with Gasteiger partial charge in [-0.15, -0.1) is 0 Å². The summed E-state index contributed by atoms with van der Waals surface area (Å²) in [6.45, 7) is 4.69. The molecule has 1 aromatic carbocycles. The maximum absolute atomic E-state index is 10.8. The summed E-state index contributed by atoms with van der Waals surface area (Å²) >= 11 is 3.41. The van der Waals surface area contributed by atoms with Crippen molar-refractivity contribution in [2.75, 3.05) is 6.61 Å². The fraction of sp³-hybridized carbons (Fsp3) is 0.500. The molecular weight excluding hydrogens is 296 g/mol. The monoisotopic (exact) mass is 314 g/mol. The van der Waals surface area contributed by atoms with E-state index in [0.29, 0.717) is 6.61 Å². The van der Waals surface area contributed by atoms with E-state index in [2.05, 4.69) is 22.9 Å². The van der Waals surface area contributed by atoms with Gasteiger partial charge in [0.05, 0.1) is 13.0 Å². The average molecular weight is 315 g/mol. The first-order valence-electron chi connectivity index (χ1n) is 6.18. The molecule has 0 aliphatic rings. The molecule has 0 heterocycles. The van der Waals surface area contributed by atoms with E-state index in [0.717, 1.165) is 28.6 Å². The van der Waals surface area contributed by atoms with Crippen molar-refractivity contribution in [3.8, 4) is 5.75 Å². The lowest BCUT2D eigenvalue weighted by atomic mass is 9.97. The first kappa shape index (κ1) is 15.0. The molecule has 18 heavy (non-hydrogen) atoms. The largest absolute Gasteiger partial charge is 0.493 e. The standard InChI is InChI=1S/C14H19BrO3/c1-3-4-7-18-13-6-5-11(15)9-12(13)10(2)8-14(16)17/h5-6,9-10H,3-4,7-8H2,1-2H3,(H,16,17)/t10-/m1/s1. The Labute approximate surface area is 116 Å². The lowest BCUT2D eigenvalue weighted by Gasteiger charge is -2.16. The van der Waals surface area contributed by atoms with Gasteiger partial charge in [0.1, 0.15) is 5.75 Å². The summed E-state index contributed by atoms with van der Waals surface area (Å²) in [7, 11) is 0. The molecule has 1 rings (SSSR count). The van der Waals surface area contributed by atoms with E-state index >= 15 is 0 Å². The van der Waals surface area contributed by atoms with E-state index in [1.54, 1.807) is 0 Å². The highest BCUT2D eigenvalue weighted by Crippen LogP contribution is 2.31. The lowest BCUT2D eigenvalue weighted by molar-refractivity contribution is -0.137. The highest BCUT2D eigenvalue weighted by molar-refractivity contribution is 9.10. The van der Waals surface area contributed by atoms with Crippen molar-refractivity contribution in [2.24, 2.45) is 0 Å². The van der Waals surface area contributed by atoms with Gasteiger partial charge in [0, 0.05) is 4.47 Å². The van der Waals surface area contributed by atoms with Gasteiger partial charge < -0.3 is 9.84 Å². The smallest absolute Gasteiger partial charge is 0.303 e. The van der Waals surface area contributed by atoms with E-state index in [1.165, 1.54) is 0 Å². The molecule has 0 saturated heterocycles. The van der Waals surface area contributed by atoms with Crippen LogP contribution in [0.1, 0.15) is 44.6 Å². The third-order valence-electron chi connectivity index (χ3n) is 2.74. The molecular formula is C14H19BrO3. The normalized spacial score (nSPS) is 12.2. The minimum absolute atomic E-state index is 0.0587. The number of unbranched alkanes of at least 4 members (excludes halogenated alkanes) is 1. The Bertz CT molecular complexity index is 404. The van der Waals surface area contributed by atoms with Gasteiger partial charge in [0.2, 0.25) is 0 Å². The number of aliphatic carboxylic acids is 1. The Balaban J connectivity index is 2.85. The molecule has 1 atom stereocenters. The highest BCUT2D eigenvalue weighted by Gasteiger charge is 2.15. The summed E-state index contributed by atoms with van der Waals surface area (Å²) in [6.07, 6.45) is 2.19. The maximum atomic E-state index is 10.8. The van der Waals surface area contributed by atoms with Crippen LogP contribution >= 0.6 is 15.9 Å². The van der Waals surface area contributed by atoms with Crippen LogP contribution in [0, 0.1) is 0 Å². The number of hydrogen-bond acceptors (Lipinski definition) is 2. The van der Waals surface area contributed by atoms with Crippen molar-refractivity contribution in [3.05, 3.63) is 28.2 Å². The predicted molar refractivity (Wildman–Crippen MR) is 75.2 cm³/mol. The quantitative estimate of drug-likeness (QED) is 0.767. The van der Waals surface area contributed by atoms with Crippen LogP contribution in [0.15, 0.2) is 22.7 Å². The van der Waals surface area contributed by atoms with Crippen molar-refractivity contribution >= 4 is 21.9 Å². The van der Waals surface area contributed by atoms with Gasteiger partial charge in [-0.3, -0.25) is 4.79 Å². The molecule has 0 fully saturated rings. The zero-order valence-electron chi connectivity index (χ0n) is 10.8. The summed E-state index contributed by atoms with van der Waals surface area (Å²) in [5.74, 6) is -0.0565. The maximum Gasteiger partial charge on any atom is 0.303 e. The Morgan fingerprint density at radius 3 is 2.83 bits per heavy atom. The molecule has 0 spiro atoms. The molecule has 1 N–H and O–H groups in total. The number of carbonyl (C=O) groups is 1. The van der Waals surface area contributed by atoms with Crippen LogP contribution in [-0.4, -0.2) is 17.7 Å². The number of ether oxygens (including phenoxy) is 1. The lowest BCUT2D eigenvalue weighted by Crippen LogP contribution is -2.06. The van der Waals surface area contributed by atoms with Crippen LogP contribution in [0.4, 0.5) is 0 Å². The molecule has 4 heteroatoms. The van der Waals surface area contributed by atoms with Gasteiger partial charge in [-0.2, -0.15) is 0 Å². The number of benzene rings is 1. The topological polar surface area (TPSA) is 46.5 Å². The average Bonchev–Trinajstić information content (AvgIpc) is 2.30. The molecule has 0 amide bonds. The molecule has 1 aromatic rings. The summed E-state index contributed by atoms with van der Waals surface area (Å²) in [5, 5.41) is 8.87. The van der Waals surface area contributed by atoms with Crippen molar-refractivity contribution in [1.82, 2.24) is 0 Å². The van der Waals surface area contributed by atoms with E-state index in [-0.39, 0.29) is 12.3 Å². The van der Waals surface area contributed by atoms with E-state index in [1.807, 2.05) is 25.1 Å². The first-order chi connectivity index (χ1) is 8.54. The second-order valence-corrected chi connectivity index (χ2v) is 5.30. The predicted octanol–water partition coefficient (Wildman–Crippen LogP) is 4.21. The van der Waals surface area contributed by atoms with Crippen molar-refractivity contribution in [2.45, 2.75) is 39.0 Å². The van der Waals surface area contributed by atoms with Gasteiger partial charge in [0.15, 0.2) is 0 Å². The van der Waals surface area contributed by atoms with Crippen LogP contribution in [0.25, 0.3) is 0 Å². The number of halogens is 1. The Hall–Kier alpha value is -1.03.